The lowest BCUT2D eigenvalue weighted by Crippen LogP contribution is -2.55. The second-order valence-electron chi connectivity index (χ2n) is 13.1. The van der Waals surface area contributed by atoms with Crippen molar-refractivity contribution in [2.45, 2.75) is 110 Å². The Bertz CT molecular complexity index is 684. The van der Waals surface area contributed by atoms with Gasteiger partial charge in [-0.05, 0) is 104 Å². The van der Waals surface area contributed by atoms with Crippen molar-refractivity contribution in [3.8, 4) is 0 Å². The van der Waals surface area contributed by atoms with Gasteiger partial charge < -0.3 is 14.6 Å². The van der Waals surface area contributed by atoms with E-state index in [4.69, 9.17) is 9.47 Å². The minimum absolute atomic E-state index is 0.0389. The molecular formula is C27H44O3. The molecule has 0 bridgehead atoms. The van der Waals surface area contributed by atoms with Gasteiger partial charge in [0.05, 0.1) is 18.8 Å². The molecule has 6 aliphatic rings. The third-order valence-corrected chi connectivity index (χ3v) is 11.9. The third kappa shape index (κ3) is 2.61. The smallest absolute Gasteiger partial charge is 0.171 e. The molecule has 12 atom stereocenters. The molecule has 170 valence electrons. The third-order valence-electron chi connectivity index (χ3n) is 11.9. The molecule has 1 spiro atoms. The van der Waals surface area contributed by atoms with Crippen molar-refractivity contribution in [1.82, 2.24) is 0 Å². The molecule has 6 fully saturated rings. The van der Waals surface area contributed by atoms with Gasteiger partial charge in [0, 0.05) is 12.3 Å². The van der Waals surface area contributed by atoms with Gasteiger partial charge in [0.25, 0.3) is 0 Å². The van der Waals surface area contributed by atoms with Gasteiger partial charge in [0.15, 0.2) is 5.79 Å². The monoisotopic (exact) mass is 416 g/mol. The van der Waals surface area contributed by atoms with Gasteiger partial charge in [-0.15, -0.1) is 0 Å². The molecule has 0 aromatic heterocycles. The molecule has 6 rings (SSSR count). The maximum absolute atomic E-state index is 10.3. The van der Waals surface area contributed by atoms with Gasteiger partial charge in [-0.1, -0.05) is 27.7 Å². The van der Waals surface area contributed by atoms with E-state index in [1.54, 1.807) is 0 Å². The molecule has 3 heteroatoms. The Labute approximate surface area is 183 Å². The fourth-order valence-corrected chi connectivity index (χ4v) is 10.3. The first kappa shape index (κ1) is 20.5. The van der Waals surface area contributed by atoms with Crippen molar-refractivity contribution < 1.29 is 14.6 Å². The molecule has 0 aromatic rings. The highest BCUT2D eigenvalue weighted by Crippen LogP contribution is 2.71. The number of aliphatic hydroxyl groups is 1. The standard InChI is InChI=1S/C27H44O3/c1-16-7-12-27(29-15-16)17(2)24-23(30-27)14-22-20-6-5-18-13-19(28)8-10-25(18,3)21(20)9-11-26(22,24)4/h16-24,28H,5-15H2,1-4H3/t16-,17+,18-,19+,20-,21+,22+,23+,24+,25+,26+,27-/m1/s1. The van der Waals surface area contributed by atoms with Crippen LogP contribution in [0.25, 0.3) is 0 Å². The molecule has 3 nitrogen and oxygen atoms in total. The van der Waals surface area contributed by atoms with Gasteiger partial charge >= 0.3 is 0 Å². The summed E-state index contributed by atoms with van der Waals surface area (Å²) in [6.07, 6.45) is 12.9. The first-order chi connectivity index (χ1) is 14.3. The van der Waals surface area contributed by atoms with Crippen LogP contribution in [0.4, 0.5) is 0 Å². The van der Waals surface area contributed by atoms with E-state index in [2.05, 4.69) is 27.7 Å². The van der Waals surface area contributed by atoms with Crippen molar-refractivity contribution >= 4 is 0 Å². The van der Waals surface area contributed by atoms with E-state index in [1.807, 2.05) is 0 Å². The SMILES string of the molecule is C[C@@H]1CC[C@@]2(OC1)O[C@H]1C[C@H]3[C@@H]4CC[C@@H]5C[C@@H](O)CC[C@]5(C)[C@H]4CC[C@]3(C)[C@H]1[C@@H]2C. The van der Waals surface area contributed by atoms with Gasteiger partial charge in [0.2, 0.25) is 0 Å². The molecule has 2 heterocycles. The molecule has 2 aliphatic heterocycles. The summed E-state index contributed by atoms with van der Waals surface area (Å²) in [5.74, 6) is 4.93. The minimum Gasteiger partial charge on any atom is -0.393 e. The van der Waals surface area contributed by atoms with Crippen molar-refractivity contribution in [2.75, 3.05) is 6.61 Å². The van der Waals surface area contributed by atoms with Gasteiger partial charge in [-0.2, -0.15) is 0 Å². The maximum atomic E-state index is 10.3. The fraction of sp³-hybridized carbons (Fsp3) is 1.00. The topological polar surface area (TPSA) is 38.7 Å². The molecule has 0 aromatic carbocycles. The van der Waals surface area contributed by atoms with Crippen LogP contribution >= 0.6 is 0 Å². The zero-order valence-corrected chi connectivity index (χ0v) is 19.7. The number of aliphatic hydroxyl groups excluding tert-OH is 1. The molecule has 0 unspecified atom stereocenters. The highest BCUT2D eigenvalue weighted by atomic mass is 16.7. The summed E-state index contributed by atoms with van der Waals surface area (Å²) in [6.45, 7) is 10.9. The summed E-state index contributed by atoms with van der Waals surface area (Å²) in [5, 5.41) is 10.3. The molecule has 0 amide bonds. The van der Waals surface area contributed by atoms with Crippen LogP contribution in [0.3, 0.4) is 0 Å². The Morgan fingerprint density at radius 2 is 1.63 bits per heavy atom. The average Bonchev–Trinajstić information content (AvgIpc) is 3.16. The Morgan fingerprint density at radius 3 is 2.40 bits per heavy atom. The van der Waals surface area contributed by atoms with Crippen molar-refractivity contribution in [1.29, 1.82) is 0 Å². The summed E-state index contributed by atoms with van der Waals surface area (Å²) < 4.78 is 13.4. The van der Waals surface area contributed by atoms with Crippen molar-refractivity contribution in [3.63, 3.8) is 0 Å². The predicted molar refractivity (Wildman–Crippen MR) is 118 cm³/mol. The molecule has 30 heavy (non-hydrogen) atoms. The lowest BCUT2D eigenvalue weighted by molar-refractivity contribution is -0.273. The van der Waals surface area contributed by atoms with E-state index in [0.717, 1.165) is 49.5 Å². The Kier molecular flexibility index (Phi) is 4.58. The fourth-order valence-electron chi connectivity index (χ4n) is 10.3. The molecule has 2 saturated heterocycles. The molecule has 4 aliphatic carbocycles. The highest BCUT2D eigenvalue weighted by Gasteiger charge is 2.69. The largest absolute Gasteiger partial charge is 0.393 e. The van der Waals surface area contributed by atoms with Crippen molar-refractivity contribution in [2.24, 2.45) is 52.3 Å². The summed E-state index contributed by atoms with van der Waals surface area (Å²) in [4.78, 5) is 0. The average molecular weight is 417 g/mol. The number of fused-ring (bicyclic) bond motifs is 7. The van der Waals surface area contributed by atoms with Gasteiger partial charge in [-0.3, -0.25) is 0 Å². The summed E-state index contributed by atoms with van der Waals surface area (Å²) in [5.41, 5.74) is 0.899. The second-order valence-corrected chi connectivity index (χ2v) is 13.1. The van der Waals surface area contributed by atoms with Crippen LogP contribution in [0.1, 0.15) is 91.9 Å². The van der Waals surface area contributed by atoms with E-state index >= 15 is 0 Å². The lowest BCUT2D eigenvalue weighted by atomic mass is 9.44. The van der Waals surface area contributed by atoms with Crippen LogP contribution in [0.5, 0.6) is 0 Å². The lowest BCUT2D eigenvalue weighted by Gasteiger charge is -2.61. The predicted octanol–water partition coefficient (Wildman–Crippen LogP) is 5.79. The van der Waals surface area contributed by atoms with Crippen LogP contribution in [0.2, 0.25) is 0 Å². The van der Waals surface area contributed by atoms with E-state index in [1.165, 1.54) is 44.9 Å². The van der Waals surface area contributed by atoms with E-state index in [9.17, 15) is 5.11 Å². The maximum Gasteiger partial charge on any atom is 0.171 e. The Morgan fingerprint density at radius 1 is 0.833 bits per heavy atom. The quantitative estimate of drug-likeness (QED) is 0.543. The van der Waals surface area contributed by atoms with Crippen LogP contribution in [0, 0.1) is 52.3 Å². The van der Waals surface area contributed by atoms with Crippen LogP contribution in [-0.2, 0) is 9.47 Å². The number of ether oxygens (including phenoxy) is 2. The van der Waals surface area contributed by atoms with E-state index in [-0.39, 0.29) is 11.9 Å². The minimum atomic E-state index is -0.282. The molecule has 4 saturated carbocycles. The number of rotatable bonds is 0. The van der Waals surface area contributed by atoms with Crippen LogP contribution < -0.4 is 0 Å². The van der Waals surface area contributed by atoms with Crippen LogP contribution in [-0.4, -0.2) is 29.7 Å². The normalized spacial score (nSPS) is 62.5. The second kappa shape index (κ2) is 6.70. The first-order valence-electron chi connectivity index (χ1n) is 13.3. The van der Waals surface area contributed by atoms with Gasteiger partial charge in [-0.25, -0.2) is 0 Å². The Balaban J connectivity index is 1.26. The number of hydrogen-bond acceptors (Lipinski definition) is 3. The summed E-state index contributed by atoms with van der Waals surface area (Å²) in [6, 6.07) is 0. The first-order valence-corrected chi connectivity index (χ1v) is 13.3. The summed E-state index contributed by atoms with van der Waals surface area (Å²) >= 11 is 0. The molecule has 1 N–H and O–H groups in total. The van der Waals surface area contributed by atoms with Gasteiger partial charge in [0.1, 0.15) is 0 Å². The van der Waals surface area contributed by atoms with E-state index in [0.29, 0.717) is 34.7 Å². The molecule has 0 radical (unpaired) electrons. The zero-order valence-electron chi connectivity index (χ0n) is 19.7. The number of hydrogen-bond donors (Lipinski definition) is 1. The summed E-state index contributed by atoms with van der Waals surface area (Å²) in [7, 11) is 0. The van der Waals surface area contributed by atoms with E-state index < -0.39 is 0 Å². The van der Waals surface area contributed by atoms with Crippen molar-refractivity contribution in [3.05, 3.63) is 0 Å². The Hall–Kier alpha value is -0.120. The molecular weight excluding hydrogens is 372 g/mol. The zero-order chi connectivity index (χ0) is 20.9. The van der Waals surface area contributed by atoms with Crippen LogP contribution in [0.15, 0.2) is 0 Å². The highest BCUT2D eigenvalue weighted by molar-refractivity contribution is 5.15.